The van der Waals surface area contributed by atoms with Crippen LogP contribution in [0.5, 0.6) is 0 Å². The van der Waals surface area contributed by atoms with Crippen LogP contribution in [0, 0.1) is 11.6 Å². The largest absolute Gasteiger partial charge is 0.369 e. The zero-order chi connectivity index (χ0) is 19.2. The summed E-state index contributed by atoms with van der Waals surface area (Å²) in [4.78, 5) is 16.0. The number of piperazine rings is 1. The molecule has 27 heavy (non-hydrogen) atoms. The quantitative estimate of drug-likeness (QED) is 0.817. The fourth-order valence-corrected chi connectivity index (χ4v) is 2.83. The van der Waals surface area contributed by atoms with E-state index in [4.69, 9.17) is 0 Å². The normalized spacial score (nSPS) is 14.6. The molecule has 0 saturated carbocycles. The first-order valence-corrected chi connectivity index (χ1v) is 8.81. The van der Waals surface area contributed by atoms with Crippen LogP contribution in [-0.4, -0.2) is 53.7 Å². The molecule has 1 fully saturated rings. The zero-order valence-corrected chi connectivity index (χ0v) is 15.0. The molecule has 8 heteroatoms. The van der Waals surface area contributed by atoms with E-state index in [9.17, 15) is 13.6 Å². The number of halogens is 2. The fraction of sp³-hybridized carbons (Fsp3) is 0.316. The molecule has 0 spiro atoms. The molecule has 2 heterocycles. The highest BCUT2D eigenvalue weighted by Gasteiger charge is 2.20. The van der Waals surface area contributed by atoms with Crippen LogP contribution in [0.2, 0.25) is 0 Å². The monoisotopic (exact) mass is 373 g/mol. The Labute approximate surface area is 156 Å². The molecule has 1 aliphatic rings. The third-order valence-electron chi connectivity index (χ3n) is 4.29. The summed E-state index contributed by atoms with van der Waals surface area (Å²) in [5, 5.41) is 11.4. The molecular weight excluding hydrogens is 352 g/mol. The van der Waals surface area contributed by atoms with E-state index in [2.05, 4.69) is 20.4 Å². The summed E-state index contributed by atoms with van der Waals surface area (Å²) in [5.74, 6) is 0.154. The minimum atomic E-state index is -0.565. The minimum Gasteiger partial charge on any atom is -0.369 e. The van der Waals surface area contributed by atoms with Crippen molar-refractivity contribution in [3.05, 3.63) is 53.6 Å². The van der Waals surface area contributed by atoms with Crippen molar-refractivity contribution in [3.63, 3.8) is 0 Å². The molecule has 0 radical (unpaired) electrons. The molecule has 0 aliphatic carbocycles. The van der Waals surface area contributed by atoms with Gasteiger partial charge in [-0.3, -0.25) is 4.79 Å². The van der Waals surface area contributed by atoms with Crippen LogP contribution in [-0.2, 0) is 4.79 Å². The molecule has 1 aliphatic heterocycles. The Kier molecular flexibility index (Phi) is 5.95. The van der Waals surface area contributed by atoms with Gasteiger partial charge in [0.05, 0.1) is 0 Å². The molecule has 0 atom stereocenters. The predicted octanol–water partition coefficient (Wildman–Crippen LogP) is 2.55. The lowest BCUT2D eigenvalue weighted by Crippen LogP contribution is -2.48. The summed E-state index contributed by atoms with van der Waals surface area (Å²) in [6.45, 7) is 5.06. The van der Waals surface area contributed by atoms with Gasteiger partial charge in [0.15, 0.2) is 5.82 Å². The van der Waals surface area contributed by atoms with Gasteiger partial charge in [0.1, 0.15) is 17.5 Å². The summed E-state index contributed by atoms with van der Waals surface area (Å²) in [6, 6.07) is 6.92. The van der Waals surface area contributed by atoms with Gasteiger partial charge in [-0.25, -0.2) is 8.78 Å². The molecule has 0 unspecified atom stereocenters. The van der Waals surface area contributed by atoms with Gasteiger partial charge in [-0.05, 0) is 43.3 Å². The molecule has 2 aromatic rings. The van der Waals surface area contributed by atoms with Gasteiger partial charge in [0.2, 0.25) is 5.91 Å². The van der Waals surface area contributed by atoms with E-state index >= 15 is 0 Å². The summed E-state index contributed by atoms with van der Waals surface area (Å²) >= 11 is 0. The van der Waals surface area contributed by atoms with Crippen LogP contribution in [0.15, 0.2) is 36.4 Å². The van der Waals surface area contributed by atoms with E-state index in [1.807, 2.05) is 19.1 Å². The van der Waals surface area contributed by atoms with Gasteiger partial charge in [-0.15, -0.1) is 10.2 Å². The Hall–Kier alpha value is -3.03. The van der Waals surface area contributed by atoms with E-state index in [0.717, 1.165) is 36.4 Å². The van der Waals surface area contributed by atoms with Crippen LogP contribution in [0.4, 0.5) is 20.4 Å². The summed E-state index contributed by atoms with van der Waals surface area (Å²) in [5.41, 5.74) is 0.0537. The number of hydrogen-bond donors (Lipinski definition) is 1. The number of carbonyl (C=O) groups excluding carboxylic acids is 1. The average Bonchev–Trinajstić information content (AvgIpc) is 2.69. The lowest BCUT2D eigenvalue weighted by atomic mass is 10.2. The maximum absolute atomic E-state index is 13.6. The van der Waals surface area contributed by atoms with Crippen molar-refractivity contribution in [2.24, 2.45) is 0 Å². The number of aromatic nitrogens is 2. The minimum absolute atomic E-state index is 0.0537. The first-order valence-electron chi connectivity index (χ1n) is 8.81. The number of nitrogens with one attached hydrogen (secondary N) is 1. The SMILES string of the molecule is CCNc1ccc(N2CCN(C(=O)/C=C/c3cc(F)ccc3F)CC2)nn1. The van der Waals surface area contributed by atoms with Crippen molar-refractivity contribution in [2.75, 3.05) is 42.9 Å². The summed E-state index contributed by atoms with van der Waals surface area (Å²) in [7, 11) is 0. The molecule has 3 rings (SSSR count). The van der Waals surface area contributed by atoms with Gasteiger partial charge >= 0.3 is 0 Å². The van der Waals surface area contributed by atoms with Crippen LogP contribution >= 0.6 is 0 Å². The average molecular weight is 373 g/mol. The smallest absolute Gasteiger partial charge is 0.246 e. The maximum atomic E-state index is 13.6. The number of benzene rings is 1. The fourth-order valence-electron chi connectivity index (χ4n) is 2.83. The van der Waals surface area contributed by atoms with Crippen molar-refractivity contribution in [2.45, 2.75) is 6.92 Å². The van der Waals surface area contributed by atoms with Crippen LogP contribution in [0.3, 0.4) is 0 Å². The van der Waals surface area contributed by atoms with E-state index in [1.165, 1.54) is 12.2 Å². The second kappa shape index (κ2) is 8.57. The van der Waals surface area contributed by atoms with Crippen LogP contribution in [0.1, 0.15) is 12.5 Å². The van der Waals surface area contributed by atoms with E-state index in [-0.39, 0.29) is 11.5 Å². The molecule has 1 aromatic carbocycles. The first kappa shape index (κ1) is 18.8. The lowest BCUT2D eigenvalue weighted by molar-refractivity contribution is -0.126. The second-order valence-electron chi connectivity index (χ2n) is 6.12. The number of carbonyl (C=O) groups is 1. The summed E-state index contributed by atoms with van der Waals surface area (Å²) in [6.07, 6.45) is 2.58. The van der Waals surface area contributed by atoms with Gasteiger partial charge in [-0.1, -0.05) is 0 Å². The predicted molar refractivity (Wildman–Crippen MR) is 100 cm³/mol. The van der Waals surface area contributed by atoms with Crippen molar-refractivity contribution < 1.29 is 13.6 Å². The molecule has 142 valence electrons. The van der Waals surface area contributed by atoms with Gasteiger partial charge in [0, 0.05) is 44.4 Å². The Morgan fingerprint density at radius 3 is 2.59 bits per heavy atom. The van der Waals surface area contributed by atoms with E-state index in [0.29, 0.717) is 26.2 Å². The van der Waals surface area contributed by atoms with Crippen molar-refractivity contribution in [1.82, 2.24) is 15.1 Å². The lowest BCUT2D eigenvalue weighted by Gasteiger charge is -2.34. The number of amides is 1. The Balaban J connectivity index is 1.56. The van der Waals surface area contributed by atoms with Crippen molar-refractivity contribution in [3.8, 4) is 0 Å². The van der Waals surface area contributed by atoms with Crippen molar-refractivity contribution in [1.29, 1.82) is 0 Å². The Morgan fingerprint density at radius 1 is 1.15 bits per heavy atom. The highest BCUT2D eigenvalue weighted by molar-refractivity contribution is 5.92. The maximum Gasteiger partial charge on any atom is 0.246 e. The number of rotatable bonds is 5. The van der Waals surface area contributed by atoms with Gasteiger partial charge < -0.3 is 15.1 Å². The first-order chi connectivity index (χ1) is 13.1. The molecule has 0 bridgehead atoms. The Morgan fingerprint density at radius 2 is 1.93 bits per heavy atom. The highest BCUT2D eigenvalue weighted by Crippen LogP contribution is 2.15. The van der Waals surface area contributed by atoms with Gasteiger partial charge in [-0.2, -0.15) is 0 Å². The molecule has 1 N–H and O–H groups in total. The van der Waals surface area contributed by atoms with Crippen LogP contribution in [0.25, 0.3) is 6.08 Å². The number of nitrogens with zero attached hydrogens (tertiary/aromatic N) is 4. The second-order valence-corrected chi connectivity index (χ2v) is 6.12. The molecular formula is C19H21F2N5O. The molecule has 1 aromatic heterocycles. The summed E-state index contributed by atoms with van der Waals surface area (Å²) < 4.78 is 26.8. The molecule has 1 amide bonds. The number of anilines is 2. The standard InChI is InChI=1S/C19H21F2N5O/c1-2-22-17-6-7-18(24-23-17)25-9-11-26(12-10-25)19(27)8-3-14-13-15(20)4-5-16(14)21/h3-8,13H,2,9-12H2,1H3,(H,22,23)/b8-3+. The Bertz CT molecular complexity index is 817. The van der Waals surface area contributed by atoms with E-state index in [1.54, 1.807) is 4.90 Å². The van der Waals surface area contributed by atoms with Crippen molar-refractivity contribution >= 4 is 23.6 Å². The van der Waals surface area contributed by atoms with Crippen LogP contribution < -0.4 is 10.2 Å². The number of hydrogen-bond acceptors (Lipinski definition) is 5. The third kappa shape index (κ3) is 4.78. The van der Waals surface area contributed by atoms with Gasteiger partial charge in [0.25, 0.3) is 0 Å². The molecule has 6 nitrogen and oxygen atoms in total. The zero-order valence-electron chi connectivity index (χ0n) is 15.0. The van der Waals surface area contributed by atoms with E-state index < -0.39 is 11.6 Å². The highest BCUT2D eigenvalue weighted by atomic mass is 19.1. The topological polar surface area (TPSA) is 61.4 Å². The molecule has 1 saturated heterocycles. The third-order valence-corrected chi connectivity index (χ3v) is 4.29.